The molecule has 0 spiro atoms. The third-order valence-corrected chi connectivity index (χ3v) is 4.56. The van der Waals surface area contributed by atoms with Gasteiger partial charge in [0.2, 0.25) is 0 Å². The fourth-order valence-electron chi connectivity index (χ4n) is 2.76. The van der Waals surface area contributed by atoms with E-state index in [2.05, 4.69) is 20.5 Å². The number of morpholine rings is 1. The van der Waals surface area contributed by atoms with Crippen molar-refractivity contribution < 1.29 is 14.3 Å². The van der Waals surface area contributed by atoms with Crippen molar-refractivity contribution in [3.63, 3.8) is 0 Å². The Morgan fingerprint density at radius 1 is 1.26 bits per heavy atom. The summed E-state index contributed by atoms with van der Waals surface area (Å²) >= 11 is 6.07. The molecule has 27 heavy (non-hydrogen) atoms. The molecule has 2 N–H and O–H groups in total. The average Bonchev–Trinajstić information content (AvgIpc) is 2.69. The van der Waals surface area contributed by atoms with E-state index in [1.165, 1.54) is 0 Å². The van der Waals surface area contributed by atoms with E-state index in [-0.39, 0.29) is 5.91 Å². The standard InChI is InChI=1S/C19H23ClN4O3/c1-26-18-5-3-14(12-16(18)20)23-19(25)17-4-2-15(13-22-17)21-6-7-24-8-10-27-11-9-24/h2-5,12-13,21H,6-11H2,1H3,(H,23,25). The molecule has 0 aliphatic carbocycles. The van der Waals surface area contributed by atoms with Crippen LogP contribution in [0.25, 0.3) is 0 Å². The van der Waals surface area contributed by atoms with Crippen molar-refractivity contribution in [1.82, 2.24) is 9.88 Å². The van der Waals surface area contributed by atoms with Crippen molar-refractivity contribution in [1.29, 1.82) is 0 Å². The topological polar surface area (TPSA) is 75.7 Å². The minimum absolute atomic E-state index is 0.295. The Labute approximate surface area is 163 Å². The van der Waals surface area contributed by atoms with Crippen LogP contribution in [0, 0.1) is 0 Å². The van der Waals surface area contributed by atoms with Gasteiger partial charge in [0.1, 0.15) is 11.4 Å². The molecule has 144 valence electrons. The SMILES string of the molecule is COc1ccc(NC(=O)c2ccc(NCCN3CCOCC3)cn2)cc1Cl. The second kappa shape index (κ2) is 9.55. The number of pyridine rings is 1. The van der Waals surface area contributed by atoms with Gasteiger partial charge in [-0.1, -0.05) is 11.6 Å². The first-order chi connectivity index (χ1) is 13.2. The summed E-state index contributed by atoms with van der Waals surface area (Å²) < 4.78 is 10.4. The highest BCUT2D eigenvalue weighted by atomic mass is 35.5. The zero-order valence-corrected chi connectivity index (χ0v) is 16.0. The number of aromatic nitrogens is 1. The van der Waals surface area contributed by atoms with Gasteiger partial charge in [0.25, 0.3) is 5.91 Å². The predicted octanol–water partition coefficient (Wildman–Crippen LogP) is 2.74. The third kappa shape index (κ3) is 5.56. The van der Waals surface area contributed by atoms with Crippen molar-refractivity contribution in [2.75, 3.05) is 57.1 Å². The van der Waals surface area contributed by atoms with Crippen LogP contribution >= 0.6 is 11.6 Å². The summed E-state index contributed by atoms with van der Waals surface area (Å²) in [5.41, 5.74) is 1.80. The molecule has 1 aromatic carbocycles. The minimum Gasteiger partial charge on any atom is -0.495 e. The number of hydrogen-bond acceptors (Lipinski definition) is 6. The van der Waals surface area contributed by atoms with Crippen LogP contribution in [-0.2, 0) is 4.74 Å². The second-order valence-corrected chi connectivity index (χ2v) is 6.52. The zero-order valence-electron chi connectivity index (χ0n) is 15.2. The molecule has 1 fully saturated rings. The van der Waals surface area contributed by atoms with Crippen LogP contribution in [0.3, 0.4) is 0 Å². The van der Waals surface area contributed by atoms with Gasteiger partial charge in [-0.05, 0) is 30.3 Å². The van der Waals surface area contributed by atoms with Gasteiger partial charge in [0.15, 0.2) is 0 Å². The highest BCUT2D eigenvalue weighted by molar-refractivity contribution is 6.32. The molecule has 3 rings (SSSR count). The number of carbonyl (C=O) groups excluding carboxylic acids is 1. The minimum atomic E-state index is -0.295. The smallest absolute Gasteiger partial charge is 0.274 e. The van der Waals surface area contributed by atoms with Gasteiger partial charge >= 0.3 is 0 Å². The fourth-order valence-corrected chi connectivity index (χ4v) is 3.01. The molecule has 2 aromatic rings. The molecule has 1 amide bonds. The van der Waals surface area contributed by atoms with Crippen LogP contribution in [0.1, 0.15) is 10.5 Å². The van der Waals surface area contributed by atoms with Gasteiger partial charge < -0.3 is 20.1 Å². The molecule has 1 aromatic heterocycles. The average molecular weight is 391 g/mol. The number of nitrogens with zero attached hydrogens (tertiary/aromatic N) is 2. The number of benzene rings is 1. The van der Waals surface area contributed by atoms with E-state index in [4.69, 9.17) is 21.1 Å². The summed E-state index contributed by atoms with van der Waals surface area (Å²) in [7, 11) is 1.54. The van der Waals surface area contributed by atoms with E-state index < -0.39 is 0 Å². The normalized spacial score (nSPS) is 14.6. The molecule has 8 heteroatoms. The van der Waals surface area contributed by atoms with Crippen LogP contribution in [0.15, 0.2) is 36.5 Å². The van der Waals surface area contributed by atoms with E-state index in [9.17, 15) is 4.79 Å². The lowest BCUT2D eigenvalue weighted by Gasteiger charge is -2.26. The quantitative estimate of drug-likeness (QED) is 0.757. The summed E-state index contributed by atoms with van der Waals surface area (Å²) in [5.74, 6) is 0.261. The van der Waals surface area contributed by atoms with E-state index >= 15 is 0 Å². The van der Waals surface area contributed by atoms with Crippen LogP contribution < -0.4 is 15.4 Å². The molecule has 0 saturated carbocycles. The highest BCUT2D eigenvalue weighted by Gasteiger charge is 2.11. The van der Waals surface area contributed by atoms with Crippen molar-refractivity contribution in [3.05, 3.63) is 47.2 Å². The molecule has 0 unspecified atom stereocenters. The lowest BCUT2D eigenvalue weighted by atomic mass is 10.2. The Kier molecular flexibility index (Phi) is 6.86. The first kappa shape index (κ1) is 19.4. The maximum absolute atomic E-state index is 12.3. The summed E-state index contributed by atoms with van der Waals surface area (Å²) in [6.07, 6.45) is 1.66. The summed E-state index contributed by atoms with van der Waals surface area (Å²) in [6.45, 7) is 5.29. The summed E-state index contributed by atoms with van der Waals surface area (Å²) in [5, 5.41) is 6.53. The molecular weight excluding hydrogens is 368 g/mol. The predicted molar refractivity (Wildman–Crippen MR) is 106 cm³/mol. The molecule has 0 bridgehead atoms. The molecular formula is C19H23ClN4O3. The van der Waals surface area contributed by atoms with Gasteiger partial charge in [0.05, 0.1) is 37.2 Å². The van der Waals surface area contributed by atoms with E-state index in [0.717, 1.165) is 45.1 Å². The lowest BCUT2D eigenvalue weighted by Crippen LogP contribution is -2.39. The van der Waals surface area contributed by atoms with Gasteiger partial charge in [-0.25, -0.2) is 4.98 Å². The Balaban J connectivity index is 1.50. The van der Waals surface area contributed by atoms with Crippen LogP contribution in [0.5, 0.6) is 5.75 Å². The number of ether oxygens (including phenoxy) is 2. The first-order valence-electron chi connectivity index (χ1n) is 8.80. The van der Waals surface area contributed by atoms with Crippen LogP contribution in [-0.4, -0.2) is 62.3 Å². The van der Waals surface area contributed by atoms with Gasteiger partial charge in [-0.15, -0.1) is 0 Å². The Morgan fingerprint density at radius 3 is 2.70 bits per heavy atom. The van der Waals surface area contributed by atoms with Crippen molar-refractivity contribution >= 4 is 28.9 Å². The third-order valence-electron chi connectivity index (χ3n) is 4.27. The number of methoxy groups -OCH3 is 1. The van der Waals surface area contributed by atoms with E-state index in [0.29, 0.717) is 22.2 Å². The fraction of sp³-hybridized carbons (Fsp3) is 0.368. The first-order valence-corrected chi connectivity index (χ1v) is 9.18. The summed E-state index contributed by atoms with van der Waals surface area (Å²) in [4.78, 5) is 18.9. The number of hydrogen-bond donors (Lipinski definition) is 2. The maximum atomic E-state index is 12.3. The van der Waals surface area contributed by atoms with Crippen molar-refractivity contribution in [3.8, 4) is 5.75 Å². The molecule has 0 radical (unpaired) electrons. The maximum Gasteiger partial charge on any atom is 0.274 e. The van der Waals surface area contributed by atoms with Crippen molar-refractivity contribution in [2.45, 2.75) is 0 Å². The lowest BCUT2D eigenvalue weighted by molar-refractivity contribution is 0.0398. The Morgan fingerprint density at radius 2 is 2.04 bits per heavy atom. The van der Waals surface area contributed by atoms with E-state index in [1.54, 1.807) is 37.6 Å². The van der Waals surface area contributed by atoms with Crippen LogP contribution in [0.2, 0.25) is 5.02 Å². The Bertz CT molecular complexity index is 764. The highest BCUT2D eigenvalue weighted by Crippen LogP contribution is 2.27. The molecule has 7 nitrogen and oxygen atoms in total. The molecule has 1 aliphatic heterocycles. The number of anilines is 2. The molecule has 1 aliphatic rings. The Hall–Kier alpha value is -2.35. The zero-order chi connectivity index (χ0) is 19.1. The molecule has 2 heterocycles. The number of halogens is 1. The van der Waals surface area contributed by atoms with Crippen LogP contribution in [0.4, 0.5) is 11.4 Å². The van der Waals surface area contributed by atoms with Gasteiger partial charge in [0, 0.05) is 31.9 Å². The summed E-state index contributed by atoms with van der Waals surface area (Å²) in [6, 6.07) is 8.61. The molecule has 1 saturated heterocycles. The molecule has 0 atom stereocenters. The van der Waals surface area contributed by atoms with Gasteiger partial charge in [-0.2, -0.15) is 0 Å². The number of amides is 1. The second-order valence-electron chi connectivity index (χ2n) is 6.12. The number of nitrogens with one attached hydrogen (secondary N) is 2. The number of carbonyl (C=O) groups is 1. The largest absolute Gasteiger partial charge is 0.495 e. The number of rotatable bonds is 7. The van der Waals surface area contributed by atoms with Crippen molar-refractivity contribution in [2.24, 2.45) is 0 Å². The monoisotopic (exact) mass is 390 g/mol. The van der Waals surface area contributed by atoms with Gasteiger partial charge in [-0.3, -0.25) is 9.69 Å². The van der Waals surface area contributed by atoms with E-state index in [1.807, 2.05) is 6.07 Å².